The van der Waals surface area contributed by atoms with Gasteiger partial charge >= 0.3 is 11.9 Å². The molecule has 102 valence electrons. The molecule has 0 spiro atoms. The summed E-state index contributed by atoms with van der Waals surface area (Å²) in [6, 6.07) is 10.5. The maximum absolute atomic E-state index is 11.6. The number of esters is 2. The lowest BCUT2D eigenvalue weighted by Crippen LogP contribution is -2.04. The van der Waals surface area contributed by atoms with Gasteiger partial charge in [0, 0.05) is 11.6 Å². The third-order valence-electron chi connectivity index (χ3n) is 2.43. The Morgan fingerprint density at radius 2 is 1.90 bits per heavy atom. The third kappa shape index (κ3) is 3.55. The van der Waals surface area contributed by atoms with Gasteiger partial charge in [0.2, 0.25) is 0 Å². The van der Waals surface area contributed by atoms with Crippen LogP contribution in [-0.4, -0.2) is 19.0 Å². The lowest BCUT2D eigenvalue weighted by atomic mass is 10.2. The maximum atomic E-state index is 11.6. The number of thiophene rings is 1. The smallest absolute Gasteiger partial charge is 0.348 e. The van der Waals surface area contributed by atoms with Crippen molar-refractivity contribution >= 4 is 29.4 Å². The molecule has 0 atom stereocenters. The van der Waals surface area contributed by atoms with Gasteiger partial charge in [0.05, 0.1) is 7.11 Å². The molecule has 0 fully saturated rings. The summed E-state index contributed by atoms with van der Waals surface area (Å²) in [5.41, 5.74) is 0.631. The van der Waals surface area contributed by atoms with Crippen molar-refractivity contribution in [2.45, 2.75) is 0 Å². The Kier molecular flexibility index (Phi) is 4.68. The van der Waals surface area contributed by atoms with Crippen molar-refractivity contribution in [3.05, 3.63) is 58.3 Å². The van der Waals surface area contributed by atoms with E-state index in [1.54, 1.807) is 35.7 Å². The molecule has 2 aromatic rings. The predicted octanol–water partition coefficient (Wildman–Crippen LogP) is 3.15. The average molecular weight is 288 g/mol. The fraction of sp³-hybridized carbons (Fsp3) is 0.0667. The van der Waals surface area contributed by atoms with E-state index in [2.05, 4.69) is 4.74 Å². The van der Waals surface area contributed by atoms with Crippen LogP contribution in [0.2, 0.25) is 0 Å². The SMILES string of the molecule is COC(=O)c1sccc1/C=C/C(=O)Oc1ccccc1. The second-order valence-corrected chi connectivity index (χ2v) is 4.68. The molecule has 0 aliphatic carbocycles. The largest absolute Gasteiger partial charge is 0.465 e. The van der Waals surface area contributed by atoms with Crippen molar-refractivity contribution in [1.82, 2.24) is 0 Å². The first-order chi connectivity index (χ1) is 9.70. The van der Waals surface area contributed by atoms with Crippen molar-refractivity contribution < 1.29 is 19.1 Å². The van der Waals surface area contributed by atoms with Gasteiger partial charge in [0.1, 0.15) is 10.6 Å². The summed E-state index contributed by atoms with van der Waals surface area (Å²) in [5, 5.41) is 1.76. The van der Waals surface area contributed by atoms with E-state index in [1.807, 2.05) is 6.07 Å². The molecular weight excluding hydrogens is 276 g/mol. The van der Waals surface area contributed by atoms with Crippen LogP contribution in [0.15, 0.2) is 47.9 Å². The van der Waals surface area contributed by atoms with Crippen LogP contribution < -0.4 is 4.74 Å². The molecule has 0 saturated heterocycles. The first kappa shape index (κ1) is 14.0. The minimum absolute atomic E-state index is 0.420. The van der Waals surface area contributed by atoms with Gasteiger partial charge in [-0.1, -0.05) is 18.2 Å². The van der Waals surface area contributed by atoms with Crippen molar-refractivity contribution in [3.63, 3.8) is 0 Å². The van der Waals surface area contributed by atoms with Crippen LogP contribution in [0.25, 0.3) is 6.08 Å². The highest BCUT2D eigenvalue weighted by atomic mass is 32.1. The molecule has 0 amide bonds. The Hall–Kier alpha value is -2.40. The number of carbonyl (C=O) groups is 2. The average Bonchev–Trinajstić information content (AvgIpc) is 2.94. The number of methoxy groups -OCH3 is 1. The van der Waals surface area contributed by atoms with Crippen LogP contribution >= 0.6 is 11.3 Å². The normalized spacial score (nSPS) is 10.4. The molecule has 0 N–H and O–H groups in total. The van der Waals surface area contributed by atoms with Crippen LogP contribution in [-0.2, 0) is 9.53 Å². The lowest BCUT2D eigenvalue weighted by Gasteiger charge is -2.00. The summed E-state index contributed by atoms with van der Waals surface area (Å²) < 4.78 is 9.76. The molecule has 5 heteroatoms. The van der Waals surface area contributed by atoms with E-state index < -0.39 is 11.9 Å². The fourth-order valence-corrected chi connectivity index (χ4v) is 2.31. The fourth-order valence-electron chi connectivity index (χ4n) is 1.51. The first-order valence-corrected chi connectivity index (χ1v) is 6.69. The molecule has 0 saturated carbocycles. The summed E-state index contributed by atoms with van der Waals surface area (Å²) in [4.78, 5) is 23.6. The van der Waals surface area contributed by atoms with Crippen molar-refractivity contribution in [2.75, 3.05) is 7.11 Å². The number of hydrogen-bond donors (Lipinski definition) is 0. The zero-order valence-electron chi connectivity index (χ0n) is 10.7. The van der Waals surface area contributed by atoms with Gasteiger partial charge in [-0.2, -0.15) is 0 Å². The quantitative estimate of drug-likeness (QED) is 0.492. The third-order valence-corrected chi connectivity index (χ3v) is 3.34. The number of hydrogen-bond acceptors (Lipinski definition) is 5. The molecule has 4 nitrogen and oxygen atoms in total. The van der Waals surface area contributed by atoms with Gasteiger partial charge in [-0.05, 0) is 29.7 Å². The van der Waals surface area contributed by atoms with Crippen molar-refractivity contribution in [3.8, 4) is 5.75 Å². The Bertz CT molecular complexity index is 628. The van der Waals surface area contributed by atoms with E-state index in [9.17, 15) is 9.59 Å². The van der Waals surface area contributed by atoms with E-state index in [-0.39, 0.29) is 0 Å². The monoisotopic (exact) mass is 288 g/mol. The first-order valence-electron chi connectivity index (χ1n) is 5.81. The molecule has 0 aliphatic heterocycles. The summed E-state index contributed by atoms with van der Waals surface area (Å²) in [7, 11) is 1.32. The van der Waals surface area contributed by atoms with Gasteiger partial charge in [-0.3, -0.25) is 0 Å². The number of para-hydroxylation sites is 1. The number of carbonyl (C=O) groups excluding carboxylic acids is 2. The molecule has 0 aliphatic rings. The standard InChI is InChI=1S/C15H12O4S/c1-18-15(17)14-11(9-10-20-14)7-8-13(16)19-12-5-3-2-4-6-12/h2-10H,1H3/b8-7+. The van der Waals surface area contributed by atoms with Crippen molar-refractivity contribution in [2.24, 2.45) is 0 Å². The van der Waals surface area contributed by atoms with Crippen LogP contribution in [0.5, 0.6) is 5.75 Å². The van der Waals surface area contributed by atoms with E-state index in [0.29, 0.717) is 16.2 Å². The molecule has 0 unspecified atom stereocenters. The highest BCUT2D eigenvalue weighted by molar-refractivity contribution is 7.12. The minimum atomic E-state index is -0.502. The summed E-state index contributed by atoms with van der Waals surface area (Å²) >= 11 is 1.26. The molecule has 1 heterocycles. The Morgan fingerprint density at radius 1 is 1.15 bits per heavy atom. The number of ether oxygens (including phenoxy) is 2. The van der Waals surface area contributed by atoms with E-state index in [4.69, 9.17) is 4.74 Å². The predicted molar refractivity (Wildman–Crippen MR) is 76.8 cm³/mol. The zero-order valence-corrected chi connectivity index (χ0v) is 11.6. The van der Waals surface area contributed by atoms with Gasteiger partial charge in [-0.15, -0.1) is 11.3 Å². The van der Waals surface area contributed by atoms with E-state index in [1.165, 1.54) is 30.6 Å². The molecular formula is C15H12O4S. The van der Waals surface area contributed by atoms with Gasteiger partial charge < -0.3 is 9.47 Å². The molecule has 0 radical (unpaired) electrons. The second-order valence-electron chi connectivity index (χ2n) is 3.76. The van der Waals surface area contributed by atoms with Gasteiger partial charge in [-0.25, -0.2) is 9.59 Å². The Morgan fingerprint density at radius 3 is 2.60 bits per heavy atom. The molecule has 20 heavy (non-hydrogen) atoms. The highest BCUT2D eigenvalue weighted by Crippen LogP contribution is 2.19. The van der Waals surface area contributed by atoms with Crippen LogP contribution in [0.4, 0.5) is 0 Å². The van der Waals surface area contributed by atoms with Crippen molar-refractivity contribution in [1.29, 1.82) is 0 Å². The molecule has 1 aromatic carbocycles. The summed E-state index contributed by atoms with van der Waals surface area (Å²) in [5.74, 6) is -0.449. The van der Waals surface area contributed by atoms with Crippen LogP contribution in [0.3, 0.4) is 0 Å². The highest BCUT2D eigenvalue weighted by Gasteiger charge is 2.11. The molecule has 1 aromatic heterocycles. The summed E-state index contributed by atoms with van der Waals surface area (Å²) in [6.07, 6.45) is 2.82. The lowest BCUT2D eigenvalue weighted by molar-refractivity contribution is -0.128. The van der Waals surface area contributed by atoms with E-state index in [0.717, 1.165) is 0 Å². The second kappa shape index (κ2) is 6.68. The molecule has 2 rings (SSSR count). The minimum Gasteiger partial charge on any atom is -0.465 e. The van der Waals surface area contributed by atoms with Gasteiger partial charge in [0.25, 0.3) is 0 Å². The number of benzene rings is 1. The van der Waals surface area contributed by atoms with Crippen LogP contribution in [0, 0.1) is 0 Å². The number of rotatable bonds is 4. The van der Waals surface area contributed by atoms with Crippen LogP contribution in [0.1, 0.15) is 15.2 Å². The Balaban J connectivity index is 2.04. The maximum Gasteiger partial charge on any atom is 0.348 e. The Labute approximate surface area is 120 Å². The molecule has 0 bridgehead atoms. The van der Waals surface area contributed by atoms with E-state index >= 15 is 0 Å². The topological polar surface area (TPSA) is 52.6 Å². The zero-order chi connectivity index (χ0) is 14.4. The van der Waals surface area contributed by atoms with Gasteiger partial charge in [0.15, 0.2) is 0 Å². The summed E-state index contributed by atoms with van der Waals surface area (Å²) in [6.45, 7) is 0.